The quantitative estimate of drug-likeness (QED) is 0.235. The number of nitrogens with zero attached hydrogens (tertiary/aromatic N) is 5. The van der Waals surface area contributed by atoms with Gasteiger partial charge in [-0.2, -0.15) is 0 Å². The number of carbonyl (C=O) groups is 1. The molecular formula is C20H27ClN8O3. The smallest absolute Gasteiger partial charge is 0.356 e. The van der Waals surface area contributed by atoms with E-state index in [1.54, 1.807) is 25.4 Å². The first-order valence-corrected chi connectivity index (χ1v) is 10.4. The molecule has 11 nitrogen and oxygen atoms in total. The van der Waals surface area contributed by atoms with Crippen molar-refractivity contribution in [2.75, 3.05) is 44.5 Å². The summed E-state index contributed by atoms with van der Waals surface area (Å²) in [5, 5.41) is 1.41. The van der Waals surface area contributed by atoms with Gasteiger partial charge in [0.05, 0.1) is 19.4 Å². The molecular weight excluding hydrogens is 436 g/mol. The van der Waals surface area contributed by atoms with Crippen LogP contribution < -0.4 is 26.9 Å². The zero-order valence-electron chi connectivity index (χ0n) is 18.0. The first-order valence-electron chi connectivity index (χ1n) is 9.99. The molecule has 172 valence electrons. The number of pyridine rings is 1. The molecule has 0 saturated carbocycles. The minimum Gasteiger partial charge on any atom is -0.489 e. The summed E-state index contributed by atoms with van der Waals surface area (Å²) < 4.78 is 10.7. The Labute approximate surface area is 191 Å². The van der Waals surface area contributed by atoms with Crippen molar-refractivity contribution >= 4 is 34.9 Å². The molecule has 1 fully saturated rings. The molecule has 0 bridgehead atoms. The highest BCUT2D eigenvalue weighted by Crippen LogP contribution is 2.28. The van der Waals surface area contributed by atoms with Gasteiger partial charge in [-0.25, -0.2) is 25.6 Å². The molecule has 3 heterocycles. The number of aromatic nitrogens is 3. The Hall–Kier alpha value is -3.31. The lowest BCUT2D eigenvalue weighted by Crippen LogP contribution is -2.36. The van der Waals surface area contributed by atoms with Crippen LogP contribution in [0, 0.1) is 5.92 Å². The van der Waals surface area contributed by atoms with E-state index in [0.29, 0.717) is 41.2 Å². The number of piperidine rings is 1. The van der Waals surface area contributed by atoms with Gasteiger partial charge < -0.3 is 30.8 Å². The number of hydrazine groups is 1. The number of methoxy groups -OCH3 is 1. The van der Waals surface area contributed by atoms with Crippen LogP contribution in [0.25, 0.3) is 5.70 Å². The van der Waals surface area contributed by atoms with Gasteiger partial charge in [0.1, 0.15) is 5.82 Å². The van der Waals surface area contributed by atoms with E-state index in [1.807, 2.05) is 0 Å². The van der Waals surface area contributed by atoms with Gasteiger partial charge in [-0.1, -0.05) is 0 Å². The maximum atomic E-state index is 11.8. The van der Waals surface area contributed by atoms with Gasteiger partial charge in [-0.05, 0) is 36.4 Å². The zero-order valence-corrected chi connectivity index (χ0v) is 18.7. The molecule has 3 rings (SSSR count). The second-order valence-corrected chi connectivity index (χ2v) is 7.72. The first kappa shape index (κ1) is 23.4. The highest BCUT2D eigenvalue weighted by atomic mass is 35.5. The molecule has 1 aliphatic heterocycles. The number of anilines is 2. The van der Waals surface area contributed by atoms with Crippen molar-refractivity contribution in [2.45, 2.75) is 12.8 Å². The Bertz CT molecular complexity index is 993. The van der Waals surface area contributed by atoms with Crippen molar-refractivity contribution in [1.82, 2.24) is 20.0 Å². The van der Waals surface area contributed by atoms with E-state index >= 15 is 0 Å². The molecule has 0 atom stereocenters. The topological polar surface area (TPSA) is 159 Å². The monoisotopic (exact) mass is 462 g/mol. The normalized spacial score (nSPS) is 14.9. The van der Waals surface area contributed by atoms with Crippen molar-refractivity contribution < 1.29 is 14.3 Å². The van der Waals surface area contributed by atoms with Crippen molar-refractivity contribution in [3.05, 3.63) is 41.1 Å². The Balaban J connectivity index is 1.61. The van der Waals surface area contributed by atoms with Crippen molar-refractivity contribution in [2.24, 2.45) is 17.5 Å². The van der Waals surface area contributed by atoms with Gasteiger partial charge in [0.25, 0.3) is 0 Å². The predicted molar refractivity (Wildman–Crippen MR) is 122 cm³/mol. The highest BCUT2D eigenvalue weighted by molar-refractivity contribution is 6.28. The molecule has 2 aromatic heterocycles. The lowest BCUT2D eigenvalue weighted by molar-refractivity contribution is 0.0594. The average Bonchev–Trinajstić information content (AvgIpc) is 2.78. The summed E-state index contributed by atoms with van der Waals surface area (Å²) in [4.78, 5) is 26.2. The Kier molecular flexibility index (Phi) is 7.54. The molecule has 0 radical (unpaired) electrons. The molecule has 1 aliphatic rings. The van der Waals surface area contributed by atoms with Crippen LogP contribution in [0.1, 0.15) is 28.9 Å². The van der Waals surface area contributed by atoms with Gasteiger partial charge >= 0.3 is 5.97 Å². The fourth-order valence-electron chi connectivity index (χ4n) is 3.44. The van der Waals surface area contributed by atoms with Gasteiger partial charge in [-0.3, -0.25) is 0 Å². The molecule has 0 aromatic carbocycles. The number of nitrogens with two attached hydrogens (primary N) is 3. The minimum absolute atomic E-state index is 0.00485. The molecule has 6 N–H and O–H groups in total. The van der Waals surface area contributed by atoms with Gasteiger partial charge in [0.15, 0.2) is 17.3 Å². The summed E-state index contributed by atoms with van der Waals surface area (Å²) in [7, 11) is 2.98. The van der Waals surface area contributed by atoms with Crippen LogP contribution in [0.4, 0.5) is 11.6 Å². The zero-order chi connectivity index (χ0) is 23.3. The van der Waals surface area contributed by atoms with Crippen molar-refractivity contribution in [3.8, 4) is 5.75 Å². The number of ether oxygens (including phenoxy) is 2. The van der Waals surface area contributed by atoms with Crippen LogP contribution in [0.15, 0.2) is 24.5 Å². The van der Waals surface area contributed by atoms with E-state index < -0.39 is 5.97 Å². The van der Waals surface area contributed by atoms with E-state index in [2.05, 4.69) is 19.9 Å². The van der Waals surface area contributed by atoms with E-state index in [9.17, 15) is 4.79 Å². The van der Waals surface area contributed by atoms with Gasteiger partial charge in [-0.15, -0.1) is 0 Å². The van der Waals surface area contributed by atoms with E-state index in [1.165, 1.54) is 18.3 Å². The predicted octanol–water partition coefficient (Wildman–Crippen LogP) is 1.25. The maximum absolute atomic E-state index is 11.8. The van der Waals surface area contributed by atoms with Crippen LogP contribution >= 0.6 is 11.6 Å². The summed E-state index contributed by atoms with van der Waals surface area (Å²) in [6.07, 6.45) is 4.72. The molecule has 2 aromatic rings. The molecule has 0 aliphatic carbocycles. The van der Waals surface area contributed by atoms with Crippen molar-refractivity contribution in [1.29, 1.82) is 0 Å². The lowest BCUT2D eigenvalue weighted by Gasteiger charge is -2.32. The summed E-state index contributed by atoms with van der Waals surface area (Å²) in [5.41, 5.74) is 13.1. The molecule has 12 heteroatoms. The number of halogens is 1. The third kappa shape index (κ3) is 5.48. The summed E-state index contributed by atoms with van der Waals surface area (Å²) in [6, 6.07) is 3.36. The second kappa shape index (κ2) is 10.3. The van der Waals surface area contributed by atoms with Crippen molar-refractivity contribution in [3.63, 3.8) is 0 Å². The maximum Gasteiger partial charge on any atom is 0.356 e. The second-order valence-electron chi connectivity index (χ2n) is 7.38. The Morgan fingerprint density at radius 3 is 2.69 bits per heavy atom. The SMILES string of the molecule is COC(=O)c1cc(N2CCC(COc3cc(/C(=C/N)N(C)N)cnc3N)CC2)nc(Cl)n1. The molecule has 0 amide bonds. The number of hydrogen-bond acceptors (Lipinski definition) is 11. The number of carbonyl (C=O) groups excluding carboxylic acids is 1. The Morgan fingerprint density at radius 2 is 2.06 bits per heavy atom. The van der Waals surface area contributed by atoms with Crippen LogP contribution in [-0.4, -0.2) is 59.8 Å². The largest absolute Gasteiger partial charge is 0.489 e. The number of nitrogen functional groups attached to an aromatic ring is 1. The summed E-state index contributed by atoms with van der Waals surface area (Å²) in [6.45, 7) is 1.95. The lowest BCUT2D eigenvalue weighted by atomic mass is 9.98. The third-order valence-corrected chi connectivity index (χ3v) is 5.38. The standard InChI is InChI=1S/C20H27ClN8O3/c1-28(24)15(9-22)13-7-16(18(23)25-10-13)32-11-12-3-5-29(6-4-12)17-8-14(19(30)31-2)26-20(21)27-17/h7-10,12H,3-6,11,22,24H2,1-2H3,(H2,23,25)/b15-9-. The fourth-order valence-corrected chi connectivity index (χ4v) is 3.62. The van der Waals surface area contributed by atoms with Crippen LogP contribution in [0.5, 0.6) is 5.75 Å². The summed E-state index contributed by atoms with van der Waals surface area (Å²) >= 11 is 5.98. The van der Waals surface area contributed by atoms with E-state index in [4.69, 9.17) is 38.4 Å². The van der Waals surface area contributed by atoms with Crippen LogP contribution in [0.3, 0.4) is 0 Å². The van der Waals surface area contributed by atoms with E-state index in [0.717, 1.165) is 25.9 Å². The average molecular weight is 463 g/mol. The van der Waals surface area contributed by atoms with Gasteiger partial charge in [0.2, 0.25) is 5.28 Å². The van der Waals surface area contributed by atoms with E-state index in [-0.39, 0.29) is 11.0 Å². The fraction of sp³-hybridized carbons (Fsp3) is 0.400. The number of esters is 1. The molecule has 0 spiro atoms. The molecule has 0 unspecified atom stereocenters. The highest BCUT2D eigenvalue weighted by Gasteiger charge is 2.23. The minimum atomic E-state index is -0.555. The molecule has 32 heavy (non-hydrogen) atoms. The molecule has 1 saturated heterocycles. The first-order chi connectivity index (χ1) is 15.3. The van der Waals surface area contributed by atoms with Crippen LogP contribution in [-0.2, 0) is 4.74 Å². The third-order valence-electron chi connectivity index (χ3n) is 5.21. The number of rotatable bonds is 7. The summed E-state index contributed by atoms with van der Waals surface area (Å²) in [5.74, 6) is 6.94. The van der Waals surface area contributed by atoms with Crippen LogP contribution in [0.2, 0.25) is 5.28 Å². The van der Waals surface area contributed by atoms with Gasteiger partial charge in [0, 0.05) is 44.2 Å². The Morgan fingerprint density at radius 1 is 1.34 bits per heavy atom. The number of hydrogen-bond donors (Lipinski definition) is 3.